The summed E-state index contributed by atoms with van der Waals surface area (Å²) in [7, 11) is -2.49. The number of carbonyl (C=O) groups excluding carboxylic acids is 1. The van der Waals surface area contributed by atoms with Crippen LogP contribution in [0.2, 0.25) is 0 Å². The number of hydrogen-bond donors (Lipinski definition) is 1. The van der Waals surface area contributed by atoms with E-state index in [1.54, 1.807) is 18.2 Å². The first-order valence-electron chi connectivity index (χ1n) is 10.3. The molecule has 6 nitrogen and oxygen atoms in total. The Labute approximate surface area is 182 Å². The minimum atomic E-state index is -3.84. The zero-order valence-corrected chi connectivity index (χ0v) is 18.2. The number of nitrogens with one attached hydrogen (secondary N) is 1. The van der Waals surface area contributed by atoms with Gasteiger partial charge in [-0.25, -0.2) is 12.8 Å². The van der Waals surface area contributed by atoms with Gasteiger partial charge in [-0.05, 0) is 55.5 Å². The number of hydrogen-bond acceptors (Lipinski definition) is 4. The van der Waals surface area contributed by atoms with Crippen molar-refractivity contribution in [3.63, 3.8) is 0 Å². The van der Waals surface area contributed by atoms with Gasteiger partial charge in [0.05, 0.1) is 22.2 Å². The highest BCUT2D eigenvalue weighted by atomic mass is 32.2. The van der Waals surface area contributed by atoms with Crippen LogP contribution in [0.1, 0.15) is 48.9 Å². The molecule has 31 heavy (non-hydrogen) atoms. The first kappa shape index (κ1) is 22.8. The van der Waals surface area contributed by atoms with Gasteiger partial charge in [-0.2, -0.15) is 5.26 Å². The molecule has 1 amide bonds. The van der Waals surface area contributed by atoms with Crippen molar-refractivity contribution in [1.29, 1.82) is 5.26 Å². The Morgan fingerprint density at radius 3 is 2.65 bits per heavy atom. The smallest absolute Gasteiger partial charge is 0.264 e. The quantitative estimate of drug-likeness (QED) is 0.693. The number of carbonyl (C=O) groups is 1. The third-order valence-electron chi connectivity index (χ3n) is 5.74. The molecule has 1 aliphatic carbocycles. The first-order chi connectivity index (χ1) is 14.8. The van der Waals surface area contributed by atoms with Crippen LogP contribution in [-0.2, 0) is 10.0 Å². The third kappa shape index (κ3) is 5.42. The number of benzene rings is 2. The van der Waals surface area contributed by atoms with E-state index >= 15 is 0 Å². The van der Waals surface area contributed by atoms with E-state index in [9.17, 15) is 17.6 Å². The number of nitriles is 1. The van der Waals surface area contributed by atoms with E-state index in [-0.39, 0.29) is 22.2 Å². The van der Waals surface area contributed by atoms with Gasteiger partial charge in [0.2, 0.25) is 0 Å². The number of rotatable bonds is 7. The molecule has 1 fully saturated rings. The van der Waals surface area contributed by atoms with Gasteiger partial charge >= 0.3 is 0 Å². The summed E-state index contributed by atoms with van der Waals surface area (Å²) in [6.45, 7) is 0. The van der Waals surface area contributed by atoms with E-state index in [1.807, 2.05) is 0 Å². The molecule has 0 radical (unpaired) electrons. The van der Waals surface area contributed by atoms with Crippen LogP contribution in [0.5, 0.6) is 0 Å². The lowest BCUT2D eigenvalue weighted by molar-refractivity contribution is 0.0914. The van der Waals surface area contributed by atoms with Gasteiger partial charge in [0.25, 0.3) is 15.9 Å². The number of amides is 1. The third-order valence-corrected chi connectivity index (χ3v) is 7.54. The van der Waals surface area contributed by atoms with Crippen LogP contribution in [0.25, 0.3) is 0 Å². The lowest BCUT2D eigenvalue weighted by Crippen LogP contribution is -2.38. The molecule has 164 valence electrons. The standard InChI is InChI=1S/C23H26FN3O3S/c1-27(31(29,30)20-10-3-2-4-11-20)19-12-13-21(22(24)16-19)23(28)26-18-9-5-7-17(15-18)8-6-14-25/h2-4,10-13,16-18H,5-9,15H2,1H3,(H,26,28)/t17?,18-/m1/s1. The molecule has 0 aliphatic heterocycles. The molecule has 2 aromatic rings. The molecular weight excluding hydrogens is 417 g/mol. The van der Waals surface area contributed by atoms with Crippen LogP contribution in [0, 0.1) is 23.1 Å². The topological polar surface area (TPSA) is 90.3 Å². The second-order valence-corrected chi connectivity index (χ2v) is 9.82. The largest absolute Gasteiger partial charge is 0.349 e. The predicted octanol–water partition coefficient (Wildman–Crippen LogP) is 4.24. The van der Waals surface area contributed by atoms with Crippen molar-refractivity contribution >= 4 is 21.6 Å². The number of halogens is 1. The normalized spacial score (nSPS) is 18.7. The summed E-state index contributed by atoms with van der Waals surface area (Å²) in [5, 5.41) is 11.7. The zero-order valence-electron chi connectivity index (χ0n) is 17.4. The van der Waals surface area contributed by atoms with Crippen molar-refractivity contribution in [3.8, 4) is 6.07 Å². The SMILES string of the molecule is CN(c1ccc(C(=O)N[C@@H]2CCCC(CCC#N)C2)c(F)c1)S(=O)(=O)c1ccccc1. The summed E-state index contributed by atoms with van der Waals surface area (Å²) in [6.07, 6.45) is 4.93. The van der Waals surface area contributed by atoms with E-state index in [0.29, 0.717) is 12.3 Å². The van der Waals surface area contributed by atoms with Gasteiger partial charge in [0.15, 0.2) is 0 Å². The Hall–Kier alpha value is -2.92. The predicted molar refractivity (Wildman–Crippen MR) is 116 cm³/mol. The van der Waals surface area contributed by atoms with Crippen molar-refractivity contribution in [2.75, 3.05) is 11.4 Å². The molecule has 0 bridgehead atoms. The van der Waals surface area contributed by atoms with Crippen LogP contribution in [-0.4, -0.2) is 27.4 Å². The Bertz CT molecular complexity index is 1070. The maximum absolute atomic E-state index is 14.7. The number of sulfonamides is 1. The van der Waals surface area contributed by atoms with Crippen LogP contribution in [0.15, 0.2) is 53.4 Å². The molecule has 3 rings (SSSR count). The highest BCUT2D eigenvalue weighted by Gasteiger charge is 2.26. The molecule has 0 aromatic heterocycles. The van der Waals surface area contributed by atoms with Gasteiger partial charge in [-0.1, -0.05) is 31.0 Å². The molecule has 1 N–H and O–H groups in total. The maximum atomic E-state index is 14.7. The van der Waals surface area contributed by atoms with Crippen molar-refractivity contribution in [1.82, 2.24) is 5.32 Å². The van der Waals surface area contributed by atoms with Crippen molar-refractivity contribution in [2.24, 2.45) is 5.92 Å². The highest BCUT2D eigenvalue weighted by Crippen LogP contribution is 2.28. The first-order valence-corrected chi connectivity index (χ1v) is 11.8. The van der Waals surface area contributed by atoms with E-state index in [1.165, 1.54) is 31.3 Å². The number of anilines is 1. The molecular formula is C23H26FN3O3S. The summed E-state index contributed by atoms with van der Waals surface area (Å²) < 4.78 is 41.2. The lowest BCUT2D eigenvalue weighted by Gasteiger charge is -2.29. The average Bonchev–Trinajstić information content (AvgIpc) is 2.77. The summed E-state index contributed by atoms with van der Waals surface area (Å²) in [6, 6.07) is 13.8. The Morgan fingerprint density at radius 1 is 1.23 bits per heavy atom. The van der Waals surface area contributed by atoms with Crippen LogP contribution in [0.3, 0.4) is 0 Å². The molecule has 2 atom stereocenters. The second-order valence-electron chi connectivity index (χ2n) is 7.85. The summed E-state index contributed by atoms with van der Waals surface area (Å²) in [5.41, 5.74) is 0.0144. The maximum Gasteiger partial charge on any atom is 0.264 e. The van der Waals surface area contributed by atoms with Crippen molar-refractivity contribution in [3.05, 3.63) is 59.9 Å². The summed E-state index contributed by atoms with van der Waals surface area (Å²) in [5.74, 6) is -0.895. The fraction of sp³-hybridized carbons (Fsp3) is 0.391. The van der Waals surface area contributed by atoms with Crippen molar-refractivity contribution < 1.29 is 17.6 Å². The second kappa shape index (κ2) is 9.92. The Kier molecular flexibility index (Phi) is 7.29. The van der Waals surface area contributed by atoms with Gasteiger partial charge in [-0.3, -0.25) is 9.10 Å². The highest BCUT2D eigenvalue weighted by molar-refractivity contribution is 7.92. The van der Waals surface area contributed by atoms with Crippen LogP contribution in [0.4, 0.5) is 10.1 Å². The molecule has 8 heteroatoms. The molecule has 1 unspecified atom stereocenters. The van der Waals surface area contributed by atoms with Gasteiger partial charge < -0.3 is 5.32 Å². The molecule has 0 spiro atoms. The van der Waals surface area contributed by atoms with Crippen molar-refractivity contribution in [2.45, 2.75) is 49.5 Å². The molecule has 0 heterocycles. The molecule has 1 saturated carbocycles. The fourth-order valence-electron chi connectivity index (χ4n) is 3.99. The average molecular weight is 444 g/mol. The van der Waals surface area contributed by atoms with Crippen LogP contribution >= 0.6 is 0 Å². The molecule has 1 aliphatic rings. The summed E-state index contributed by atoms with van der Waals surface area (Å²) in [4.78, 5) is 12.7. The van der Waals surface area contributed by atoms with Gasteiger partial charge in [-0.15, -0.1) is 0 Å². The minimum absolute atomic E-state index is 0.0508. The van der Waals surface area contributed by atoms with E-state index in [4.69, 9.17) is 5.26 Å². The van der Waals surface area contributed by atoms with E-state index < -0.39 is 21.7 Å². The lowest BCUT2D eigenvalue weighted by atomic mass is 9.83. The molecule has 0 saturated heterocycles. The Balaban J connectivity index is 1.70. The fourth-order valence-corrected chi connectivity index (χ4v) is 5.20. The minimum Gasteiger partial charge on any atom is -0.349 e. The zero-order chi connectivity index (χ0) is 22.4. The van der Waals surface area contributed by atoms with E-state index in [0.717, 1.165) is 42.5 Å². The van der Waals surface area contributed by atoms with Gasteiger partial charge in [0, 0.05) is 19.5 Å². The number of nitrogens with zero attached hydrogens (tertiary/aromatic N) is 2. The van der Waals surface area contributed by atoms with E-state index in [2.05, 4.69) is 11.4 Å². The molecule has 2 aromatic carbocycles. The Morgan fingerprint density at radius 2 is 1.97 bits per heavy atom. The monoisotopic (exact) mass is 443 g/mol. The van der Waals surface area contributed by atoms with Gasteiger partial charge in [0.1, 0.15) is 5.82 Å². The summed E-state index contributed by atoms with van der Waals surface area (Å²) >= 11 is 0. The van der Waals surface area contributed by atoms with Crippen LogP contribution < -0.4 is 9.62 Å².